The van der Waals surface area contributed by atoms with E-state index in [2.05, 4.69) is 26.5 Å². The number of benzene rings is 1. The molecule has 0 unspecified atom stereocenters. The lowest BCUT2D eigenvalue weighted by Gasteiger charge is -2.06. The largest absolute Gasteiger partial charge is 0.508 e. The molecule has 0 aliphatic carbocycles. The van der Waals surface area contributed by atoms with E-state index in [-0.39, 0.29) is 5.76 Å². The summed E-state index contributed by atoms with van der Waals surface area (Å²) in [5.41, 5.74) is 2.10. The molecule has 76 valence electrons. The van der Waals surface area contributed by atoms with E-state index in [4.69, 9.17) is 0 Å². The summed E-state index contributed by atoms with van der Waals surface area (Å²) in [5, 5.41) is 9.23. The van der Waals surface area contributed by atoms with Gasteiger partial charge >= 0.3 is 0 Å². The molecule has 1 nitrogen and oxygen atoms in total. The quantitative estimate of drug-likeness (QED) is 0.716. The highest BCUT2D eigenvalue weighted by atomic mass is 16.3. The molecule has 0 aliphatic heterocycles. The molecular formula is C13H18O. The Morgan fingerprint density at radius 3 is 2.71 bits per heavy atom. The van der Waals surface area contributed by atoms with E-state index < -0.39 is 0 Å². The second-order valence-corrected chi connectivity index (χ2v) is 4.08. The average Bonchev–Trinajstić information content (AvgIpc) is 2.15. The minimum atomic E-state index is 0.149. The van der Waals surface area contributed by atoms with Crippen molar-refractivity contribution in [3.8, 4) is 0 Å². The normalized spacial score (nSPS) is 10.5. The first-order chi connectivity index (χ1) is 6.59. The molecule has 0 bridgehead atoms. The Hall–Kier alpha value is -1.24. The lowest BCUT2D eigenvalue weighted by molar-refractivity contribution is 0.513. The third-order valence-electron chi connectivity index (χ3n) is 2.27. The van der Waals surface area contributed by atoms with Crippen LogP contribution >= 0.6 is 0 Å². The summed E-state index contributed by atoms with van der Waals surface area (Å²) >= 11 is 0. The first kappa shape index (κ1) is 10.8. The second kappa shape index (κ2) is 4.85. The molecule has 14 heavy (non-hydrogen) atoms. The second-order valence-electron chi connectivity index (χ2n) is 4.08. The first-order valence-corrected chi connectivity index (χ1v) is 5.07. The average molecular weight is 190 g/mol. The van der Waals surface area contributed by atoms with Crippen LogP contribution in [0.5, 0.6) is 0 Å². The molecule has 1 N–H and O–H groups in total. The van der Waals surface area contributed by atoms with Crippen LogP contribution in [-0.4, -0.2) is 5.11 Å². The molecule has 0 radical (unpaired) electrons. The van der Waals surface area contributed by atoms with Crippen LogP contribution in [0.3, 0.4) is 0 Å². The summed E-state index contributed by atoms with van der Waals surface area (Å²) in [5.74, 6) is 0.868. The summed E-state index contributed by atoms with van der Waals surface area (Å²) in [4.78, 5) is 0. The van der Waals surface area contributed by atoms with Crippen molar-refractivity contribution >= 4 is 5.76 Å². The number of hydrogen-bond acceptors (Lipinski definition) is 1. The fourth-order valence-electron chi connectivity index (χ4n) is 1.36. The van der Waals surface area contributed by atoms with Crippen LogP contribution in [0.1, 0.15) is 31.4 Å². The van der Waals surface area contributed by atoms with Crippen LogP contribution < -0.4 is 0 Å². The topological polar surface area (TPSA) is 20.2 Å². The zero-order valence-electron chi connectivity index (χ0n) is 8.96. The summed E-state index contributed by atoms with van der Waals surface area (Å²) in [6.45, 7) is 7.95. The summed E-state index contributed by atoms with van der Waals surface area (Å²) in [6, 6.07) is 7.94. The molecule has 1 aromatic rings. The molecule has 0 saturated heterocycles. The van der Waals surface area contributed by atoms with E-state index in [1.165, 1.54) is 12.0 Å². The van der Waals surface area contributed by atoms with Crippen LogP contribution in [0.25, 0.3) is 5.76 Å². The summed E-state index contributed by atoms with van der Waals surface area (Å²) in [6.07, 6.45) is 2.25. The third kappa shape index (κ3) is 3.25. The van der Waals surface area contributed by atoms with Gasteiger partial charge < -0.3 is 5.11 Å². The summed E-state index contributed by atoms with van der Waals surface area (Å²) < 4.78 is 0. The van der Waals surface area contributed by atoms with E-state index in [1.54, 1.807) is 0 Å². The zero-order valence-corrected chi connectivity index (χ0v) is 8.96. The smallest absolute Gasteiger partial charge is 0.115 e. The predicted octanol–water partition coefficient (Wildman–Crippen LogP) is 3.80. The maximum Gasteiger partial charge on any atom is 0.115 e. The molecule has 0 spiro atoms. The summed E-state index contributed by atoms with van der Waals surface area (Å²) in [7, 11) is 0. The Balaban J connectivity index is 2.69. The van der Waals surface area contributed by atoms with Crippen molar-refractivity contribution in [2.24, 2.45) is 5.92 Å². The lowest BCUT2D eigenvalue weighted by Crippen LogP contribution is -1.93. The van der Waals surface area contributed by atoms with Crippen LogP contribution in [0, 0.1) is 5.92 Å². The molecule has 0 aromatic heterocycles. The van der Waals surface area contributed by atoms with E-state index in [0.717, 1.165) is 17.9 Å². The maximum absolute atomic E-state index is 9.23. The van der Waals surface area contributed by atoms with Gasteiger partial charge in [-0.2, -0.15) is 0 Å². The Morgan fingerprint density at radius 1 is 1.43 bits per heavy atom. The number of aliphatic hydroxyl groups is 1. The molecule has 0 atom stereocenters. The Morgan fingerprint density at radius 2 is 2.14 bits per heavy atom. The fraction of sp³-hybridized carbons (Fsp3) is 0.385. The van der Waals surface area contributed by atoms with Crippen molar-refractivity contribution < 1.29 is 5.11 Å². The highest BCUT2D eigenvalue weighted by molar-refractivity contribution is 5.56. The van der Waals surface area contributed by atoms with Gasteiger partial charge in [-0.1, -0.05) is 38.6 Å². The van der Waals surface area contributed by atoms with Gasteiger partial charge in [-0.05, 0) is 30.4 Å². The Bertz CT molecular complexity index is 313. The van der Waals surface area contributed by atoms with Gasteiger partial charge in [0.1, 0.15) is 5.76 Å². The number of hydrogen-bond donors (Lipinski definition) is 1. The molecule has 0 heterocycles. The molecule has 1 heteroatoms. The van der Waals surface area contributed by atoms with Gasteiger partial charge in [0.2, 0.25) is 0 Å². The van der Waals surface area contributed by atoms with Gasteiger partial charge in [-0.15, -0.1) is 0 Å². The SMILES string of the molecule is C=C(O)c1cccc(CCC(C)C)c1. The predicted molar refractivity (Wildman–Crippen MR) is 61.3 cm³/mol. The van der Waals surface area contributed by atoms with E-state index in [1.807, 2.05) is 18.2 Å². The Kier molecular flexibility index (Phi) is 3.75. The third-order valence-corrected chi connectivity index (χ3v) is 2.27. The molecule has 0 fully saturated rings. The van der Waals surface area contributed by atoms with Crippen LogP contribution in [-0.2, 0) is 6.42 Å². The minimum absolute atomic E-state index is 0.149. The number of rotatable bonds is 4. The molecule has 1 rings (SSSR count). The molecule has 0 aliphatic rings. The van der Waals surface area contributed by atoms with E-state index >= 15 is 0 Å². The molecule has 0 amide bonds. The van der Waals surface area contributed by atoms with E-state index in [9.17, 15) is 5.11 Å². The first-order valence-electron chi connectivity index (χ1n) is 5.07. The van der Waals surface area contributed by atoms with Gasteiger partial charge in [0, 0.05) is 5.56 Å². The van der Waals surface area contributed by atoms with Crippen molar-refractivity contribution in [1.82, 2.24) is 0 Å². The van der Waals surface area contributed by atoms with Gasteiger partial charge in [-0.3, -0.25) is 0 Å². The van der Waals surface area contributed by atoms with Crippen molar-refractivity contribution in [2.45, 2.75) is 26.7 Å². The molecular weight excluding hydrogens is 172 g/mol. The van der Waals surface area contributed by atoms with Gasteiger partial charge in [-0.25, -0.2) is 0 Å². The van der Waals surface area contributed by atoms with Crippen molar-refractivity contribution in [3.63, 3.8) is 0 Å². The minimum Gasteiger partial charge on any atom is -0.508 e. The van der Waals surface area contributed by atoms with Crippen molar-refractivity contribution in [1.29, 1.82) is 0 Å². The fourth-order valence-corrected chi connectivity index (χ4v) is 1.36. The van der Waals surface area contributed by atoms with E-state index in [0.29, 0.717) is 0 Å². The highest BCUT2D eigenvalue weighted by Crippen LogP contribution is 2.14. The van der Waals surface area contributed by atoms with Crippen LogP contribution in [0.15, 0.2) is 30.8 Å². The van der Waals surface area contributed by atoms with Gasteiger partial charge in [0.25, 0.3) is 0 Å². The Labute approximate surface area is 86.1 Å². The number of aryl methyl sites for hydroxylation is 1. The highest BCUT2D eigenvalue weighted by Gasteiger charge is 1.99. The monoisotopic (exact) mass is 190 g/mol. The van der Waals surface area contributed by atoms with Crippen LogP contribution in [0.4, 0.5) is 0 Å². The van der Waals surface area contributed by atoms with Gasteiger partial charge in [0.15, 0.2) is 0 Å². The van der Waals surface area contributed by atoms with Crippen LogP contribution in [0.2, 0.25) is 0 Å². The van der Waals surface area contributed by atoms with Crippen molar-refractivity contribution in [2.75, 3.05) is 0 Å². The molecule has 1 aromatic carbocycles. The number of aliphatic hydroxyl groups excluding tert-OH is 1. The lowest BCUT2D eigenvalue weighted by atomic mass is 10.0. The maximum atomic E-state index is 9.23. The standard InChI is InChI=1S/C13H18O/c1-10(2)7-8-12-5-4-6-13(9-12)11(3)14/h4-6,9-10,14H,3,7-8H2,1-2H3. The molecule has 0 saturated carbocycles. The van der Waals surface area contributed by atoms with Gasteiger partial charge in [0.05, 0.1) is 0 Å². The van der Waals surface area contributed by atoms with Crippen molar-refractivity contribution in [3.05, 3.63) is 42.0 Å². The zero-order chi connectivity index (χ0) is 10.6.